The zero-order chi connectivity index (χ0) is 15.8. The number of hydrogen-bond acceptors (Lipinski definition) is 5. The second-order valence-electron chi connectivity index (χ2n) is 4.59. The zero-order valence-corrected chi connectivity index (χ0v) is 11.5. The topological polar surface area (TPSA) is 101 Å². The van der Waals surface area contributed by atoms with Crippen LogP contribution in [-0.2, 0) is 10.0 Å². The van der Waals surface area contributed by atoms with Gasteiger partial charge in [-0.3, -0.25) is 10.1 Å². The Labute approximate surface area is 119 Å². The maximum Gasteiger partial charge on any atom is 0.306 e. The number of halogens is 2. The Morgan fingerprint density at radius 2 is 2.05 bits per heavy atom. The van der Waals surface area contributed by atoms with E-state index in [1.54, 1.807) is 0 Å². The fourth-order valence-corrected chi connectivity index (χ4v) is 4.04. The first-order chi connectivity index (χ1) is 9.78. The van der Waals surface area contributed by atoms with Gasteiger partial charge in [0.05, 0.1) is 11.5 Å². The average Bonchev–Trinajstić information content (AvgIpc) is 2.86. The van der Waals surface area contributed by atoms with Gasteiger partial charge in [0.2, 0.25) is 15.8 Å². The van der Waals surface area contributed by atoms with Crippen LogP contribution < -0.4 is 0 Å². The minimum Gasteiger partial charge on any atom is -0.395 e. The predicted molar refractivity (Wildman–Crippen MR) is 67.0 cm³/mol. The fourth-order valence-electron chi connectivity index (χ4n) is 2.29. The molecule has 0 saturated carbocycles. The van der Waals surface area contributed by atoms with Crippen LogP contribution in [0.3, 0.4) is 0 Å². The summed E-state index contributed by atoms with van der Waals surface area (Å²) in [6.45, 7) is -0.373. The standard InChI is InChI=1S/C11H12F2N2O5S/c12-8-4-9(13)11(5-10(8)15(17)18)21(19,20)14-3-1-2-7(14)6-16/h4-5,7,16H,1-3,6H2/t7-/m1/s1. The van der Waals surface area contributed by atoms with Gasteiger partial charge in [-0.05, 0) is 12.8 Å². The summed E-state index contributed by atoms with van der Waals surface area (Å²) < 4.78 is 52.6. The maximum absolute atomic E-state index is 13.7. The monoisotopic (exact) mass is 322 g/mol. The van der Waals surface area contributed by atoms with Crippen LogP contribution in [0, 0.1) is 21.7 Å². The number of rotatable bonds is 4. The molecular weight excluding hydrogens is 310 g/mol. The molecule has 1 aromatic carbocycles. The second kappa shape index (κ2) is 5.62. The van der Waals surface area contributed by atoms with Gasteiger partial charge < -0.3 is 5.11 Å². The number of nitrogens with zero attached hydrogens (tertiary/aromatic N) is 2. The van der Waals surface area contributed by atoms with Crippen LogP contribution in [0.25, 0.3) is 0 Å². The summed E-state index contributed by atoms with van der Waals surface area (Å²) in [6, 6.07) is -0.166. The molecule has 0 amide bonds. The van der Waals surface area contributed by atoms with E-state index >= 15 is 0 Å². The van der Waals surface area contributed by atoms with Crippen molar-refractivity contribution >= 4 is 15.7 Å². The number of hydrogen-bond donors (Lipinski definition) is 1. The Bertz CT molecular complexity index is 679. The third-order valence-electron chi connectivity index (χ3n) is 3.32. The van der Waals surface area contributed by atoms with Crippen molar-refractivity contribution in [2.24, 2.45) is 0 Å². The largest absolute Gasteiger partial charge is 0.395 e. The van der Waals surface area contributed by atoms with Crippen molar-refractivity contribution in [3.05, 3.63) is 33.9 Å². The van der Waals surface area contributed by atoms with Crippen LogP contribution in [0.4, 0.5) is 14.5 Å². The molecule has 1 aliphatic rings. The quantitative estimate of drug-likeness (QED) is 0.659. The van der Waals surface area contributed by atoms with Gasteiger partial charge in [-0.25, -0.2) is 12.8 Å². The van der Waals surface area contributed by atoms with Crippen molar-refractivity contribution in [2.75, 3.05) is 13.2 Å². The molecule has 1 fully saturated rings. The molecule has 0 aliphatic carbocycles. The highest BCUT2D eigenvalue weighted by molar-refractivity contribution is 7.89. The van der Waals surface area contributed by atoms with Gasteiger partial charge in [0, 0.05) is 24.7 Å². The molecule has 0 radical (unpaired) electrons. The lowest BCUT2D eigenvalue weighted by Crippen LogP contribution is -2.38. The van der Waals surface area contributed by atoms with Crippen LogP contribution in [0.1, 0.15) is 12.8 Å². The van der Waals surface area contributed by atoms with Crippen molar-refractivity contribution in [1.82, 2.24) is 4.31 Å². The molecular formula is C11H12F2N2O5S. The van der Waals surface area contributed by atoms with Crippen molar-refractivity contribution in [2.45, 2.75) is 23.8 Å². The molecule has 0 spiro atoms. The fraction of sp³-hybridized carbons (Fsp3) is 0.455. The Hall–Kier alpha value is -1.65. The Morgan fingerprint density at radius 3 is 2.62 bits per heavy atom. The van der Waals surface area contributed by atoms with Crippen LogP contribution in [-0.4, -0.2) is 41.9 Å². The number of nitro groups is 1. The summed E-state index contributed by atoms with van der Waals surface area (Å²) in [7, 11) is -4.38. The number of aliphatic hydroxyl groups excluding tert-OH is 1. The number of benzene rings is 1. The van der Waals surface area contributed by atoms with Crippen molar-refractivity contribution in [3.8, 4) is 0 Å². The third kappa shape index (κ3) is 2.74. The summed E-state index contributed by atoms with van der Waals surface area (Å²) in [5, 5.41) is 19.8. The van der Waals surface area contributed by atoms with E-state index in [-0.39, 0.29) is 12.6 Å². The SMILES string of the molecule is O=[N+]([O-])c1cc(S(=O)(=O)N2CCC[C@@H]2CO)c(F)cc1F. The maximum atomic E-state index is 13.7. The normalized spacial score (nSPS) is 19.9. The van der Waals surface area contributed by atoms with Crippen LogP contribution in [0.15, 0.2) is 17.0 Å². The molecule has 0 aromatic heterocycles. The molecule has 21 heavy (non-hydrogen) atoms. The van der Waals surface area contributed by atoms with Gasteiger partial charge in [0.1, 0.15) is 10.7 Å². The molecule has 2 rings (SSSR count). The number of sulfonamides is 1. The highest BCUT2D eigenvalue weighted by Crippen LogP contribution is 2.30. The lowest BCUT2D eigenvalue weighted by molar-refractivity contribution is -0.387. The van der Waals surface area contributed by atoms with Crippen LogP contribution in [0.5, 0.6) is 0 Å². The van der Waals surface area contributed by atoms with E-state index in [1.807, 2.05) is 0 Å². The van der Waals surface area contributed by atoms with E-state index in [0.717, 1.165) is 4.31 Å². The van der Waals surface area contributed by atoms with E-state index < -0.39 is 49.8 Å². The Kier molecular flexibility index (Phi) is 4.21. The minimum atomic E-state index is -4.38. The molecule has 0 bridgehead atoms. The predicted octanol–water partition coefficient (Wildman–Crippen LogP) is 1.02. The molecule has 1 saturated heterocycles. The molecule has 1 heterocycles. The zero-order valence-electron chi connectivity index (χ0n) is 10.7. The lowest BCUT2D eigenvalue weighted by Gasteiger charge is -2.22. The van der Waals surface area contributed by atoms with Gasteiger partial charge in [-0.2, -0.15) is 8.70 Å². The molecule has 7 nitrogen and oxygen atoms in total. The highest BCUT2D eigenvalue weighted by Gasteiger charge is 2.37. The van der Waals surface area contributed by atoms with E-state index in [4.69, 9.17) is 5.11 Å². The molecule has 1 atom stereocenters. The first-order valence-electron chi connectivity index (χ1n) is 6.05. The first kappa shape index (κ1) is 15.7. The summed E-state index contributed by atoms with van der Waals surface area (Å²) >= 11 is 0. The number of nitro benzene ring substituents is 1. The van der Waals surface area contributed by atoms with Crippen molar-refractivity contribution in [1.29, 1.82) is 0 Å². The molecule has 1 aliphatic heterocycles. The van der Waals surface area contributed by atoms with Crippen LogP contribution >= 0.6 is 0 Å². The van der Waals surface area contributed by atoms with E-state index in [0.29, 0.717) is 18.9 Å². The summed E-state index contributed by atoms with van der Waals surface area (Å²) in [4.78, 5) is 8.56. The first-order valence-corrected chi connectivity index (χ1v) is 7.49. The summed E-state index contributed by atoms with van der Waals surface area (Å²) in [6.07, 6.45) is 0.885. The molecule has 1 N–H and O–H groups in total. The van der Waals surface area contributed by atoms with Gasteiger partial charge >= 0.3 is 5.69 Å². The van der Waals surface area contributed by atoms with Gasteiger partial charge in [-0.1, -0.05) is 0 Å². The average molecular weight is 322 g/mol. The van der Waals surface area contributed by atoms with E-state index in [1.165, 1.54) is 0 Å². The highest BCUT2D eigenvalue weighted by atomic mass is 32.2. The Balaban J connectivity index is 2.54. The minimum absolute atomic E-state index is 0.0676. The van der Waals surface area contributed by atoms with Crippen molar-refractivity contribution in [3.63, 3.8) is 0 Å². The lowest BCUT2D eigenvalue weighted by atomic mass is 10.2. The number of aliphatic hydroxyl groups is 1. The van der Waals surface area contributed by atoms with Crippen LogP contribution in [0.2, 0.25) is 0 Å². The molecule has 116 valence electrons. The van der Waals surface area contributed by atoms with E-state index in [9.17, 15) is 27.3 Å². The Morgan fingerprint density at radius 1 is 1.38 bits per heavy atom. The van der Waals surface area contributed by atoms with E-state index in [2.05, 4.69) is 0 Å². The van der Waals surface area contributed by atoms with Gasteiger partial charge in [0.25, 0.3) is 0 Å². The van der Waals surface area contributed by atoms with Gasteiger partial charge in [0.15, 0.2) is 0 Å². The third-order valence-corrected chi connectivity index (χ3v) is 5.29. The van der Waals surface area contributed by atoms with Gasteiger partial charge in [-0.15, -0.1) is 0 Å². The summed E-state index contributed by atoms with van der Waals surface area (Å²) in [5.74, 6) is -2.85. The molecule has 0 unspecified atom stereocenters. The summed E-state index contributed by atoms with van der Waals surface area (Å²) in [5.41, 5.74) is -1.12. The smallest absolute Gasteiger partial charge is 0.306 e. The van der Waals surface area contributed by atoms with Crippen molar-refractivity contribution < 1.29 is 27.2 Å². The molecule has 1 aromatic rings. The molecule has 10 heteroatoms. The second-order valence-corrected chi connectivity index (χ2v) is 6.44.